The number of rotatable bonds is 5. The van der Waals surface area contributed by atoms with Crippen molar-refractivity contribution in [3.8, 4) is 0 Å². The van der Waals surface area contributed by atoms with Crippen molar-refractivity contribution in [3.05, 3.63) is 80.7 Å². The van der Waals surface area contributed by atoms with Gasteiger partial charge in [0, 0.05) is 37.8 Å². The molecular formula is C20H20N6O2S. The number of aryl methyl sites for hydroxylation is 1. The van der Waals surface area contributed by atoms with Crippen molar-refractivity contribution in [2.45, 2.75) is 19.9 Å². The summed E-state index contributed by atoms with van der Waals surface area (Å²) in [4.78, 5) is 33.1. The van der Waals surface area contributed by atoms with Crippen LogP contribution in [0.15, 0.2) is 47.5 Å². The zero-order chi connectivity index (χ0) is 20.5. The maximum atomic E-state index is 12.9. The van der Waals surface area contributed by atoms with E-state index in [4.69, 9.17) is 0 Å². The Bertz CT molecular complexity index is 1240. The number of nitrogens with zero attached hydrogens (tertiary/aromatic N) is 6. The minimum Gasteiger partial charge on any atom is -0.334 e. The topological polar surface area (TPSA) is 85.4 Å². The highest BCUT2D eigenvalue weighted by Gasteiger charge is 2.20. The van der Waals surface area contributed by atoms with Crippen LogP contribution in [0, 0.1) is 6.92 Å². The third-order valence-electron chi connectivity index (χ3n) is 4.81. The van der Waals surface area contributed by atoms with Crippen molar-refractivity contribution in [2.75, 3.05) is 7.05 Å². The van der Waals surface area contributed by atoms with Crippen LogP contribution >= 0.6 is 11.3 Å². The zero-order valence-corrected chi connectivity index (χ0v) is 17.2. The summed E-state index contributed by atoms with van der Waals surface area (Å²) < 4.78 is 3.27. The lowest BCUT2D eigenvalue weighted by molar-refractivity contribution is 0.0778. The molecule has 4 rings (SSSR count). The first-order valence-corrected chi connectivity index (χ1v) is 9.90. The summed E-state index contributed by atoms with van der Waals surface area (Å²) in [7, 11) is 3.47. The first-order valence-electron chi connectivity index (χ1n) is 9.08. The first-order chi connectivity index (χ1) is 13.9. The molecule has 0 aliphatic carbocycles. The van der Waals surface area contributed by atoms with E-state index in [1.54, 1.807) is 13.2 Å². The number of aromatic nitrogens is 5. The highest BCUT2D eigenvalue weighted by atomic mass is 32.1. The highest BCUT2D eigenvalue weighted by Crippen LogP contribution is 2.18. The summed E-state index contributed by atoms with van der Waals surface area (Å²) >= 11 is 1.45. The molecule has 1 aromatic carbocycles. The van der Waals surface area contributed by atoms with Crippen molar-refractivity contribution in [2.24, 2.45) is 7.05 Å². The quantitative estimate of drug-likeness (QED) is 0.505. The van der Waals surface area contributed by atoms with E-state index >= 15 is 0 Å². The van der Waals surface area contributed by atoms with E-state index in [2.05, 4.69) is 15.2 Å². The Labute approximate surface area is 171 Å². The standard InChI is InChI=1S/C20H20N6O2S/c1-13-22-23-17(25(13)3)12-24(2)18(27)16-10-21-20-26(19(16)28)11-15(29-20)9-14-7-5-4-6-8-14/h4-8,10-11H,9,12H2,1-3H3. The van der Waals surface area contributed by atoms with Crippen LogP contribution in [0.4, 0.5) is 0 Å². The Morgan fingerprint density at radius 3 is 2.66 bits per heavy atom. The number of fused-ring (bicyclic) bond motifs is 1. The predicted octanol–water partition coefficient (Wildman–Crippen LogP) is 2.06. The van der Waals surface area contributed by atoms with Crippen LogP contribution in [-0.4, -0.2) is 42.0 Å². The van der Waals surface area contributed by atoms with Crippen molar-refractivity contribution in [3.63, 3.8) is 0 Å². The average Bonchev–Trinajstić information content (AvgIpc) is 3.27. The number of carbonyl (C=O) groups excluding carboxylic acids is 1. The second-order valence-corrected chi connectivity index (χ2v) is 7.97. The van der Waals surface area contributed by atoms with Crippen LogP contribution in [0.5, 0.6) is 0 Å². The van der Waals surface area contributed by atoms with Gasteiger partial charge in [-0.3, -0.25) is 14.0 Å². The van der Waals surface area contributed by atoms with Gasteiger partial charge in [0.15, 0.2) is 10.8 Å². The van der Waals surface area contributed by atoms with E-state index in [1.165, 1.54) is 26.8 Å². The van der Waals surface area contributed by atoms with Crippen LogP contribution in [0.25, 0.3) is 4.96 Å². The molecule has 0 fully saturated rings. The van der Waals surface area contributed by atoms with Gasteiger partial charge in [0.05, 0.1) is 6.54 Å². The Balaban J connectivity index is 1.60. The number of thiazole rings is 1. The molecule has 0 spiro atoms. The van der Waals surface area contributed by atoms with E-state index in [0.29, 0.717) is 17.2 Å². The van der Waals surface area contributed by atoms with Gasteiger partial charge in [-0.2, -0.15) is 0 Å². The van der Waals surface area contributed by atoms with Crippen molar-refractivity contribution in [1.82, 2.24) is 29.0 Å². The SMILES string of the molecule is Cc1nnc(CN(C)C(=O)c2cnc3sc(Cc4ccccc4)cn3c2=O)n1C. The molecular weight excluding hydrogens is 388 g/mol. The molecule has 29 heavy (non-hydrogen) atoms. The molecule has 4 aromatic rings. The molecule has 0 radical (unpaired) electrons. The van der Waals surface area contributed by atoms with Crippen LogP contribution in [0.2, 0.25) is 0 Å². The molecule has 3 aromatic heterocycles. The lowest BCUT2D eigenvalue weighted by Gasteiger charge is -2.16. The molecule has 0 aliphatic rings. The highest BCUT2D eigenvalue weighted by molar-refractivity contribution is 7.17. The molecule has 1 amide bonds. The molecule has 0 aliphatic heterocycles. The largest absolute Gasteiger partial charge is 0.334 e. The molecule has 3 heterocycles. The summed E-state index contributed by atoms with van der Waals surface area (Å²) in [6, 6.07) is 10.0. The van der Waals surface area contributed by atoms with Crippen LogP contribution in [0.1, 0.15) is 32.4 Å². The predicted molar refractivity (Wildman–Crippen MR) is 110 cm³/mol. The van der Waals surface area contributed by atoms with E-state index in [9.17, 15) is 9.59 Å². The number of carbonyl (C=O) groups is 1. The monoisotopic (exact) mass is 408 g/mol. The maximum absolute atomic E-state index is 12.9. The fourth-order valence-electron chi connectivity index (χ4n) is 3.03. The van der Waals surface area contributed by atoms with Gasteiger partial charge in [-0.05, 0) is 12.5 Å². The van der Waals surface area contributed by atoms with E-state index in [0.717, 1.165) is 16.3 Å². The molecule has 0 atom stereocenters. The number of amides is 1. The lowest BCUT2D eigenvalue weighted by Crippen LogP contribution is -2.33. The van der Waals surface area contributed by atoms with E-state index < -0.39 is 5.91 Å². The Kier molecular flexibility index (Phi) is 4.98. The van der Waals surface area contributed by atoms with E-state index in [1.807, 2.05) is 48.9 Å². The second kappa shape index (κ2) is 7.59. The minimum atomic E-state index is -0.395. The van der Waals surface area contributed by atoms with Crippen molar-refractivity contribution >= 4 is 22.2 Å². The fraction of sp³-hybridized carbons (Fsp3) is 0.250. The Morgan fingerprint density at radius 2 is 1.97 bits per heavy atom. The van der Waals surface area contributed by atoms with Gasteiger partial charge in [-0.25, -0.2) is 4.98 Å². The maximum Gasteiger partial charge on any atom is 0.271 e. The molecule has 148 valence electrons. The van der Waals surface area contributed by atoms with Crippen LogP contribution in [0.3, 0.4) is 0 Å². The molecule has 0 saturated heterocycles. The second-order valence-electron chi connectivity index (χ2n) is 6.87. The van der Waals surface area contributed by atoms with Gasteiger partial charge in [0.25, 0.3) is 11.5 Å². The third-order valence-corrected chi connectivity index (χ3v) is 5.81. The number of hydrogen-bond acceptors (Lipinski definition) is 6. The number of hydrogen-bond donors (Lipinski definition) is 0. The van der Waals surface area contributed by atoms with Gasteiger partial charge < -0.3 is 9.47 Å². The third kappa shape index (κ3) is 3.68. The average molecular weight is 408 g/mol. The smallest absolute Gasteiger partial charge is 0.271 e. The Morgan fingerprint density at radius 1 is 1.21 bits per heavy atom. The Hall–Kier alpha value is -3.33. The van der Waals surface area contributed by atoms with Crippen molar-refractivity contribution < 1.29 is 4.79 Å². The van der Waals surface area contributed by atoms with Gasteiger partial charge in [-0.15, -0.1) is 21.5 Å². The molecule has 0 bridgehead atoms. The molecule has 0 N–H and O–H groups in total. The van der Waals surface area contributed by atoms with Gasteiger partial charge in [0.1, 0.15) is 11.4 Å². The fourth-order valence-corrected chi connectivity index (χ4v) is 4.01. The summed E-state index contributed by atoms with van der Waals surface area (Å²) in [5.41, 5.74) is 0.826. The number of benzene rings is 1. The summed E-state index contributed by atoms with van der Waals surface area (Å²) in [5.74, 6) is 1.01. The molecule has 9 heteroatoms. The lowest BCUT2D eigenvalue weighted by atomic mass is 10.1. The first kappa shape index (κ1) is 19.0. The van der Waals surface area contributed by atoms with Crippen molar-refractivity contribution in [1.29, 1.82) is 0 Å². The summed E-state index contributed by atoms with van der Waals surface area (Å²) in [6.07, 6.45) is 3.84. The van der Waals surface area contributed by atoms with E-state index in [-0.39, 0.29) is 17.7 Å². The van der Waals surface area contributed by atoms with Gasteiger partial charge in [-0.1, -0.05) is 30.3 Å². The van der Waals surface area contributed by atoms with Gasteiger partial charge in [0.2, 0.25) is 0 Å². The van der Waals surface area contributed by atoms with Crippen LogP contribution < -0.4 is 5.56 Å². The summed E-state index contributed by atoms with van der Waals surface area (Å²) in [5, 5.41) is 8.06. The summed E-state index contributed by atoms with van der Waals surface area (Å²) in [6.45, 7) is 2.09. The molecule has 8 nitrogen and oxygen atoms in total. The van der Waals surface area contributed by atoms with Gasteiger partial charge >= 0.3 is 0 Å². The molecule has 0 unspecified atom stereocenters. The zero-order valence-electron chi connectivity index (χ0n) is 16.4. The van der Waals surface area contributed by atoms with Crippen LogP contribution in [-0.2, 0) is 20.0 Å². The minimum absolute atomic E-state index is 0.0351. The molecule has 0 saturated carbocycles. The normalized spacial score (nSPS) is 11.1.